The van der Waals surface area contributed by atoms with Crippen molar-refractivity contribution in [3.8, 4) is 17.1 Å². The summed E-state index contributed by atoms with van der Waals surface area (Å²) in [5, 5.41) is 0. The molecule has 0 aliphatic carbocycles. The Morgan fingerprint density at radius 1 is 0.857 bits per heavy atom. The summed E-state index contributed by atoms with van der Waals surface area (Å²) in [5.41, 5.74) is 2.16. The molecular formula is C24H35FN2O. The third-order valence-electron chi connectivity index (χ3n) is 4.96. The van der Waals surface area contributed by atoms with Gasteiger partial charge in [0.1, 0.15) is 11.9 Å². The van der Waals surface area contributed by atoms with E-state index < -0.39 is 6.17 Å². The molecule has 0 saturated heterocycles. The molecule has 0 amide bonds. The van der Waals surface area contributed by atoms with Gasteiger partial charge in [-0.1, -0.05) is 52.4 Å². The molecule has 1 aromatic heterocycles. The smallest absolute Gasteiger partial charge is 0.159 e. The van der Waals surface area contributed by atoms with E-state index in [1.54, 1.807) is 0 Å². The van der Waals surface area contributed by atoms with Crippen LogP contribution in [-0.2, 0) is 6.42 Å². The standard InChI is InChI=1S/C24H35FN2O/c1-3-5-7-9-10-20-18-26-24(27-19-20)21-12-14-23(15-13-21)28-17-16-22(25)11-8-6-4-2/h12-15,18-19,22H,3-11,16-17H2,1-2H3. The first-order valence-corrected chi connectivity index (χ1v) is 10.9. The van der Waals surface area contributed by atoms with Gasteiger partial charge in [-0.05, 0) is 49.1 Å². The van der Waals surface area contributed by atoms with Crippen molar-refractivity contribution in [1.82, 2.24) is 9.97 Å². The zero-order valence-electron chi connectivity index (χ0n) is 17.5. The molecule has 1 unspecified atom stereocenters. The van der Waals surface area contributed by atoms with E-state index in [9.17, 15) is 4.39 Å². The minimum atomic E-state index is -0.764. The topological polar surface area (TPSA) is 35.0 Å². The fourth-order valence-electron chi connectivity index (χ4n) is 3.15. The van der Waals surface area contributed by atoms with Crippen molar-refractivity contribution < 1.29 is 9.13 Å². The van der Waals surface area contributed by atoms with Crippen molar-refractivity contribution in [3.05, 3.63) is 42.2 Å². The second-order valence-corrected chi connectivity index (χ2v) is 7.48. The number of aryl methyl sites for hydroxylation is 1. The highest BCUT2D eigenvalue weighted by Crippen LogP contribution is 2.20. The van der Waals surface area contributed by atoms with Gasteiger partial charge in [-0.2, -0.15) is 0 Å². The maximum Gasteiger partial charge on any atom is 0.159 e. The highest BCUT2D eigenvalue weighted by molar-refractivity contribution is 5.55. The number of alkyl halides is 1. The molecule has 0 spiro atoms. The number of ether oxygens (including phenoxy) is 1. The number of nitrogens with zero attached hydrogens (tertiary/aromatic N) is 2. The number of rotatable bonds is 14. The van der Waals surface area contributed by atoms with Crippen molar-refractivity contribution in [1.29, 1.82) is 0 Å². The summed E-state index contributed by atoms with van der Waals surface area (Å²) in [6.45, 7) is 4.77. The van der Waals surface area contributed by atoms with E-state index in [4.69, 9.17) is 4.74 Å². The lowest BCUT2D eigenvalue weighted by molar-refractivity contribution is 0.223. The van der Waals surface area contributed by atoms with Gasteiger partial charge in [-0.3, -0.25) is 0 Å². The number of halogens is 1. The van der Waals surface area contributed by atoms with Gasteiger partial charge < -0.3 is 4.74 Å². The number of aromatic nitrogens is 2. The van der Waals surface area contributed by atoms with E-state index >= 15 is 0 Å². The van der Waals surface area contributed by atoms with E-state index in [0.717, 1.165) is 42.8 Å². The predicted octanol–water partition coefficient (Wildman–Crippen LogP) is 6.95. The van der Waals surface area contributed by atoms with Crippen LogP contribution in [0.1, 0.15) is 77.2 Å². The van der Waals surface area contributed by atoms with Gasteiger partial charge in [0.05, 0.1) is 6.61 Å². The first-order valence-electron chi connectivity index (χ1n) is 10.9. The van der Waals surface area contributed by atoms with Crippen molar-refractivity contribution in [2.24, 2.45) is 0 Å². The Hall–Kier alpha value is -1.97. The van der Waals surface area contributed by atoms with Crippen molar-refractivity contribution in [3.63, 3.8) is 0 Å². The van der Waals surface area contributed by atoms with Crippen LogP contribution in [0.2, 0.25) is 0 Å². The van der Waals surface area contributed by atoms with Gasteiger partial charge in [0.25, 0.3) is 0 Å². The van der Waals surface area contributed by atoms with Crippen LogP contribution in [-0.4, -0.2) is 22.7 Å². The van der Waals surface area contributed by atoms with Crippen LogP contribution in [0.3, 0.4) is 0 Å². The molecular weight excluding hydrogens is 351 g/mol. The lowest BCUT2D eigenvalue weighted by Gasteiger charge is -2.10. The summed E-state index contributed by atoms with van der Waals surface area (Å²) >= 11 is 0. The highest BCUT2D eigenvalue weighted by Gasteiger charge is 2.07. The molecule has 0 saturated carbocycles. The molecule has 2 aromatic rings. The number of benzene rings is 1. The molecule has 1 aromatic carbocycles. The second kappa shape index (κ2) is 13.2. The second-order valence-electron chi connectivity index (χ2n) is 7.48. The van der Waals surface area contributed by atoms with Crippen LogP contribution in [0.15, 0.2) is 36.7 Å². The summed E-state index contributed by atoms with van der Waals surface area (Å²) in [4.78, 5) is 8.99. The fraction of sp³-hybridized carbons (Fsp3) is 0.583. The fourth-order valence-corrected chi connectivity index (χ4v) is 3.15. The Morgan fingerprint density at radius 2 is 1.54 bits per heavy atom. The van der Waals surface area contributed by atoms with Gasteiger partial charge in [0.15, 0.2) is 5.82 Å². The molecule has 0 aliphatic heterocycles. The molecule has 0 aliphatic rings. The van der Waals surface area contributed by atoms with Crippen LogP contribution in [0.5, 0.6) is 5.75 Å². The number of hydrogen-bond acceptors (Lipinski definition) is 3. The summed E-state index contributed by atoms with van der Waals surface area (Å²) in [6.07, 6.45) is 13.4. The molecule has 28 heavy (non-hydrogen) atoms. The zero-order valence-corrected chi connectivity index (χ0v) is 17.5. The van der Waals surface area contributed by atoms with E-state index in [0.29, 0.717) is 19.4 Å². The highest BCUT2D eigenvalue weighted by atomic mass is 19.1. The predicted molar refractivity (Wildman–Crippen MR) is 114 cm³/mol. The van der Waals surface area contributed by atoms with Gasteiger partial charge in [0.2, 0.25) is 0 Å². The molecule has 4 heteroatoms. The molecule has 154 valence electrons. The third-order valence-corrected chi connectivity index (χ3v) is 4.96. The molecule has 0 bridgehead atoms. The van der Waals surface area contributed by atoms with Gasteiger partial charge in [-0.15, -0.1) is 0 Å². The lowest BCUT2D eigenvalue weighted by atomic mass is 10.1. The monoisotopic (exact) mass is 386 g/mol. The summed E-state index contributed by atoms with van der Waals surface area (Å²) in [5.74, 6) is 1.49. The largest absolute Gasteiger partial charge is 0.493 e. The van der Waals surface area contributed by atoms with Crippen LogP contribution in [0.4, 0.5) is 4.39 Å². The van der Waals surface area contributed by atoms with Crippen molar-refractivity contribution >= 4 is 0 Å². The lowest BCUT2D eigenvalue weighted by Crippen LogP contribution is -2.07. The van der Waals surface area contributed by atoms with Crippen LogP contribution in [0, 0.1) is 0 Å². The van der Waals surface area contributed by atoms with Gasteiger partial charge in [-0.25, -0.2) is 14.4 Å². The first-order chi connectivity index (χ1) is 13.7. The molecule has 2 rings (SSSR count). The average molecular weight is 387 g/mol. The third kappa shape index (κ3) is 8.37. The summed E-state index contributed by atoms with van der Waals surface area (Å²) < 4.78 is 19.4. The van der Waals surface area contributed by atoms with E-state index in [1.807, 2.05) is 36.7 Å². The summed E-state index contributed by atoms with van der Waals surface area (Å²) in [6, 6.07) is 7.73. The maximum atomic E-state index is 13.8. The van der Waals surface area contributed by atoms with E-state index in [2.05, 4.69) is 23.8 Å². The quantitative estimate of drug-likeness (QED) is 0.329. The molecule has 0 fully saturated rings. The zero-order chi connectivity index (χ0) is 20.0. The maximum absolute atomic E-state index is 13.8. The Bertz CT molecular complexity index is 643. The molecule has 1 atom stereocenters. The molecule has 1 heterocycles. The van der Waals surface area contributed by atoms with Gasteiger partial charge in [0, 0.05) is 24.4 Å². The number of unbranched alkanes of at least 4 members (excludes halogenated alkanes) is 5. The van der Waals surface area contributed by atoms with Crippen molar-refractivity contribution in [2.75, 3.05) is 6.61 Å². The molecule has 0 radical (unpaired) electrons. The summed E-state index contributed by atoms with van der Waals surface area (Å²) in [7, 11) is 0. The van der Waals surface area contributed by atoms with Crippen molar-refractivity contribution in [2.45, 2.75) is 84.2 Å². The van der Waals surface area contributed by atoms with Crippen LogP contribution < -0.4 is 4.74 Å². The normalized spacial score (nSPS) is 12.1. The Balaban J connectivity index is 1.75. The Kier molecular flexibility index (Phi) is 10.6. The van der Waals surface area contributed by atoms with Gasteiger partial charge >= 0.3 is 0 Å². The van der Waals surface area contributed by atoms with Crippen LogP contribution in [0.25, 0.3) is 11.4 Å². The Morgan fingerprint density at radius 3 is 2.21 bits per heavy atom. The Labute approximate surface area is 169 Å². The van der Waals surface area contributed by atoms with Crippen LogP contribution >= 0.6 is 0 Å². The molecule has 0 N–H and O–H groups in total. The van der Waals surface area contributed by atoms with E-state index in [1.165, 1.54) is 31.2 Å². The minimum Gasteiger partial charge on any atom is -0.493 e. The number of hydrogen-bond donors (Lipinski definition) is 0. The van der Waals surface area contributed by atoms with E-state index in [-0.39, 0.29) is 0 Å². The average Bonchev–Trinajstić information content (AvgIpc) is 2.72. The first kappa shape index (κ1) is 22.3. The SMILES string of the molecule is CCCCCCc1cnc(-c2ccc(OCCC(F)CCCCC)cc2)nc1. The molecule has 3 nitrogen and oxygen atoms in total. The minimum absolute atomic E-state index is 0.413.